The second-order valence-corrected chi connectivity index (χ2v) is 5.02. The Labute approximate surface area is 110 Å². The van der Waals surface area contributed by atoms with Gasteiger partial charge in [0.1, 0.15) is 12.2 Å². The Kier molecular flexibility index (Phi) is 6.90. The topological polar surface area (TPSA) is 52.0 Å². The van der Waals surface area contributed by atoms with E-state index in [0.717, 1.165) is 38.4 Å². The second-order valence-electron chi connectivity index (χ2n) is 5.02. The third-order valence-corrected chi connectivity index (χ3v) is 2.62. The molecule has 0 radical (unpaired) electrons. The van der Waals surface area contributed by atoms with Gasteiger partial charge in [-0.2, -0.15) is 5.10 Å². The highest BCUT2D eigenvalue weighted by molar-refractivity contribution is 4.85. The number of aromatic nitrogens is 3. The Balaban J connectivity index is 2.09. The zero-order chi connectivity index (χ0) is 13.4. The molecule has 0 aliphatic carbocycles. The second kappa shape index (κ2) is 8.21. The molecular weight excluding hydrogens is 228 g/mol. The van der Waals surface area contributed by atoms with Crippen molar-refractivity contribution in [3.8, 4) is 0 Å². The molecule has 0 aliphatic rings. The quantitative estimate of drug-likeness (QED) is 0.686. The third-order valence-electron chi connectivity index (χ3n) is 2.62. The molecule has 5 heteroatoms. The summed E-state index contributed by atoms with van der Waals surface area (Å²) < 4.78 is 7.44. The standard InChI is InChI=1S/C13H26N4O/c1-11(2)17-13(15-10-16-17)9-14-7-5-6-8-18-12(3)4/h10-12,14H,5-9H2,1-4H3. The average Bonchev–Trinajstić information content (AvgIpc) is 2.75. The number of hydrogen-bond acceptors (Lipinski definition) is 4. The van der Waals surface area contributed by atoms with Crippen LogP contribution in [0.15, 0.2) is 6.33 Å². The Bertz CT molecular complexity index is 323. The number of hydrogen-bond donors (Lipinski definition) is 1. The highest BCUT2D eigenvalue weighted by Gasteiger charge is 2.06. The number of nitrogens with one attached hydrogen (secondary N) is 1. The van der Waals surface area contributed by atoms with Gasteiger partial charge < -0.3 is 10.1 Å². The smallest absolute Gasteiger partial charge is 0.141 e. The van der Waals surface area contributed by atoms with Gasteiger partial charge in [-0.15, -0.1) is 0 Å². The Morgan fingerprint density at radius 1 is 1.28 bits per heavy atom. The highest BCUT2D eigenvalue weighted by atomic mass is 16.5. The van der Waals surface area contributed by atoms with Crippen LogP contribution in [0.5, 0.6) is 0 Å². The molecule has 0 saturated heterocycles. The summed E-state index contributed by atoms with van der Waals surface area (Å²) >= 11 is 0. The highest BCUT2D eigenvalue weighted by Crippen LogP contribution is 2.04. The Morgan fingerprint density at radius 2 is 2.06 bits per heavy atom. The van der Waals surface area contributed by atoms with Crippen molar-refractivity contribution in [1.29, 1.82) is 0 Å². The zero-order valence-corrected chi connectivity index (χ0v) is 12.0. The van der Waals surface area contributed by atoms with Crippen LogP contribution >= 0.6 is 0 Å². The van der Waals surface area contributed by atoms with Gasteiger partial charge in [0.05, 0.1) is 12.6 Å². The lowest BCUT2D eigenvalue weighted by Gasteiger charge is -2.10. The van der Waals surface area contributed by atoms with E-state index < -0.39 is 0 Å². The van der Waals surface area contributed by atoms with Gasteiger partial charge in [0.25, 0.3) is 0 Å². The first kappa shape index (κ1) is 15.1. The van der Waals surface area contributed by atoms with E-state index >= 15 is 0 Å². The maximum absolute atomic E-state index is 5.49. The number of rotatable bonds is 9. The van der Waals surface area contributed by atoms with Crippen molar-refractivity contribution < 1.29 is 4.74 Å². The van der Waals surface area contributed by atoms with Crippen molar-refractivity contribution in [3.63, 3.8) is 0 Å². The number of nitrogens with zero attached hydrogens (tertiary/aromatic N) is 3. The van der Waals surface area contributed by atoms with Crippen molar-refractivity contribution in [2.45, 2.75) is 59.2 Å². The summed E-state index contributed by atoms with van der Waals surface area (Å²) in [5.41, 5.74) is 0. The first-order chi connectivity index (χ1) is 8.61. The van der Waals surface area contributed by atoms with Crippen LogP contribution in [0.2, 0.25) is 0 Å². The van der Waals surface area contributed by atoms with Crippen molar-refractivity contribution in [2.24, 2.45) is 0 Å². The summed E-state index contributed by atoms with van der Waals surface area (Å²) in [5.74, 6) is 1.00. The van der Waals surface area contributed by atoms with Gasteiger partial charge in [-0.25, -0.2) is 9.67 Å². The number of unbranched alkanes of at least 4 members (excludes halogenated alkanes) is 1. The molecule has 0 saturated carbocycles. The molecule has 1 heterocycles. The fourth-order valence-electron chi connectivity index (χ4n) is 1.70. The minimum Gasteiger partial charge on any atom is -0.379 e. The summed E-state index contributed by atoms with van der Waals surface area (Å²) in [7, 11) is 0. The average molecular weight is 254 g/mol. The molecule has 0 aliphatic heterocycles. The molecule has 1 aromatic heterocycles. The maximum Gasteiger partial charge on any atom is 0.141 e. The monoisotopic (exact) mass is 254 g/mol. The van der Waals surface area contributed by atoms with Crippen LogP contribution in [0.4, 0.5) is 0 Å². The maximum atomic E-state index is 5.49. The molecule has 0 fully saturated rings. The van der Waals surface area contributed by atoms with Crippen LogP contribution in [0.3, 0.4) is 0 Å². The summed E-state index contributed by atoms with van der Waals surface area (Å²) in [6, 6.07) is 0.365. The SMILES string of the molecule is CC(C)OCCCCNCc1ncnn1C(C)C. The van der Waals surface area contributed by atoms with Crippen molar-refractivity contribution in [2.75, 3.05) is 13.2 Å². The fourth-order valence-corrected chi connectivity index (χ4v) is 1.70. The van der Waals surface area contributed by atoms with Crippen LogP contribution in [-0.4, -0.2) is 34.0 Å². The van der Waals surface area contributed by atoms with E-state index in [1.807, 2.05) is 4.68 Å². The fraction of sp³-hybridized carbons (Fsp3) is 0.846. The van der Waals surface area contributed by atoms with E-state index in [0.29, 0.717) is 12.1 Å². The van der Waals surface area contributed by atoms with Gasteiger partial charge in [-0.1, -0.05) is 0 Å². The summed E-state index contributed by atoms with van der Waals surface area (Å²) in [4.78, 5) is 4.26. The molecule has 0 atom stereocenters. The van der Waals surface area contributed by atoms with Gasteiger partial charge in [0, 0.05) is 12.6 Å². The Hall–Kier alpha value is -0.940. The largest absolute Gasteiger partial charge is 0.379 e. The van der Waals surface area contributed by atoms with Crippen molar-refractivity contribution >= 4 is 0 Å². The lowest BCUT2D eigenvalue weighted by atomic mass is 10.3. The van der Waals surface area contributed by atoms with Gasteiger partial charge in [0.2, 0.25) is 0 Å². The van der Waals surface area contributed by atoms with Crippen LogP contribution in [0, 0.1) is 0 Å². The van der Waals surface area contributed by atoms with E-state index in [-0.39, 0.29) is 0 Å². The summed E-state index contributed by atoms with van der Waals surface area (Å²) in [6.07, 6.45) is 4.18. The van der Waals surface area contributed by atoms with Gasteiger partial charge in [0.15, 0.2) is 0 Å². The minimum absolute atomic E-state index is 0.336. The van der Waals surface area contributed by atoms with Gasteiger partial charge in [-0.3, -0.25) is 0 Å². The van der Waals surface area contributed by atoms with Crippen LogP contribution in [0.25, 0.3) is 0 Å². The predicted molar refractivity (Wildman–Crippen MR) is 72.4 cm³/mol. The molecule has 18 heavy (non-hydrogen) atoms. The zero-order valence-electron chi connectivity index (χ0n) is 12.0. The molecule has 0 aromatic carbocycles. The van der Waals surface area contributed by atoms with Gasteiger partial charge in [-0.05, 0) is 47.1 Å². The summed E-state index contributed by atoms with van der Waals surface area (Å²) in [6.45, 7) is 11.0. The molecular formula is C13H26N4O. The molecule has 1 aromatic rings. The number of ether oxygens (including phenoxy) is 1. The lowest BCUT2D eigenvalue weighted by molar-refractivity contribution is 0.0760. The van der Waals surface area contributed by atoms with E-state index in [4.69, 9.17) is 4.74 Å². The normalized spacial score (nSPS) is 11.7. The van der Waals surface area contributed by atoms with E-state index in [2.05, 4.69) is 43.1 Å². The van der Waals surface area contributed by atoms with Crippen LogP contribution in [0.1, 0.15) is 52.4 Å². The van der Waals surface area contributed by atoms with Crippen LogP contribution in [-0.2, 0) is 11.3 Å². The molecule has 5 nitrogen and oxygen atoms in total. The van der Waals surface area contributed by atoms with E-state index in [9.17, 15) is 0 Å². The Morgan fingerprint density at radius 3 is 2.72 bits per heavy atom. The molecule has 0 bridgehead atoms. The minimum atomic E-state index is 0.336. The first-order valence-corrected chi connectivity index (χ1v) is 6.82. The van der Waals surface area contributed by atoms with Gasteiger partial charge >= 0.3 is 0 Å². The molecule has 104 valence electrons. The molecule has 0 unspecified atom stereocenters. The van der Waals surface area contributed by atoms with Crippen LogP contribution < -0.4 is 5.32 Å². The molecule has 0 spiro atoms. The molecule has 1 rings (SSSR count). The molecule has 0 amide bonds. The van der Waals surface area contributed by atoms with Crippen molar-refractivity contribution in [1.82, 2.24) is 20.1 Å². The molecule has 1 N–H and O–H groups in total. The van der Waals surface area contributed by atoms with E-state index in [1.54, 1.807) is 6.33 Å². The van der Waals surface area contributed by atoms with Crippen molar-refractivity contribution in [3.05, 3.63) is 12.2 Å². The predicted octanol–water partition coefficient (Wildman–Crippen LogP) is 2.15. The first-order valence-electron chi connectivity index (χ1n) is 6.82. The lowest BCUT2D eigenvalue weighted by Crippen LogP contribution is -2.20. The summed E-state index contributed by atoms with van der Waals surface area (Å²) in [5, 5.41) is 7.60. The van der Waals surface area contributed by atoms with E-state index in [1.165, 1.54) is 0 Å². The third kappa shape index (κ3) is 5.60.